The zero-order chi connectivity index (χ0) is 14.7. The zero-order valence-corrected chi connectivity index (χ0v) is 12.2. The number of carbonyl (C=O) groups is 1. The van der Waals surface area contributed by atoms with Crippen LogP contribution in [0.1, 0.15) is 21.8 Å². The number of amides is 1. The minimum atomic E-state index is -0.254. The van der Waals surface area contributed by atoms with Gasteiger partial charge in [-0.2, -0.15) is 0 Å². The van der Waals surface area contributed by atoms with Gasteiger partial charge in [-0.25, -0.2) is 0 Å². The molecule has 0 spiro atoms. The molecule has 0 bridgehead atoms. The molecule has 0 atom stereocenters. The van der Waals surface area contributed by atoms with Crippen LogP contribution in [0.5, 0.6) is 0 Å². The van der Waals surface area contributed by atoms with Gasteiger partial charge in [-0.05, 0) is 36.2 Å². The van der Waals surface area contributed by atoms with Crippen molar-refractivity contribution in [3.8, 4) is 10.4 Å². The Morgan fingerprint density at radius 2 is 2.10 bits per heavy atom. The maximum absolute atomic E-state index is 12.2. The van der Waals surface area contributed by atoms with Crippen LogP contribution < -0.4 is 5.32 Å². The van der Waals surface area contributed by atoms with Crippen LogP contribution in [0.4, 0.5) is 0 Å². The van der Waals surface area contributed by atoms with Crippen LogP contribution in [0.2, 0.25) is 0 Å². The maximum Gasteiger partial charge on any atom is 0.273 e. The molecule has 3 aromatic rings. The normalized spacial score (nSPS) is 10.5. The van der Waals surface area contributed by atoms with Gasteiger partial charge in [-0.3, -0.25) is 4.79 Å². The lowest BCUT2D eigenvalue weighted by Crippen LogP contribution is -2.23. The van der Waals surface area contributed by atoms with E-state index in [1.807, 2.05) is 31.2 Å². The summed E-state index contributed by atoms with van der Waals surface area (Å²) in [5.41, 5.74) is 2.45. The van der Waals surface area contributed by atoms with E-state index in [0.717, 1.165) is 10.4 Å². The van der Waals surface area contributed by atoms with E-state index >= 15 is 0 Å². The molecule has 1 N–H and O–H groups in total. The molecule has 0 unspecified atom stereocenters. The summed E-state index contributed by atoms with van der Waals surface area (Å²) in [6.45, 7) is 2.35. The van der Waals surface area contributed by atoms with E-state index in [-0.39, 0.29) is 5.91 Å². The van der Waals surface area contributed by atoms with E-state index < -0.39 is 0 Å². The molecule has 5 nitrogen and oxygen atoms in total. The van der Waals surface area contributed by atoms with Crippen molar-refractivity contribution < 1.29 is 9.21 Å². The molecule has 0 aliphatic heterocycles. The topological polar surface area (TPSA) is 68.0 Å². The summed E-state index contributed by atoms with van der Waals surface area (Å²) in [6, 6.07) is 11.5. The van der Waals surface area contributed by atoms with Gasteiger partial charge < -0.3 is 9.73 Å². The monoisotopic (exact) mass is 299 g/mol. The summed E-state index contributed by atoms with van der Waals surface area (Å²) in [7, 11) is 0. The molecule has 21 heavy (non-hydrogen) atoms. The number of nitrogens with zero attached hydrogens (tertiary/aromatic N) is 2. The molecule has 106 valence electrons. The largest absolute Gasteiger partial charge is 0.467 e. The molecule has 0 saturated heterocycles. The molecule has 0 radical (unpaired) electrons. The Morgan fingerprint density at radius 3 is 2.81 bits per heavy atom. The predicted octanol–water partition coefficient (Wildman–Crippen LogP) is 3.04. The zero-order valence-electron chi connectivity index (χ0n) is 11.4. The third-order valence-electron chi connectivity index (χ3n) is 3.02. The number of aryl methyl sites for hydroxylation is 1. The van der Waals surface area contributed by atoms with Crippen LogP contribution >= 0.6 is 11.5 Å². The van der Waals surface area contributed by atoms with Gasteiger partial charge >= 0.3 is 0 Å². The third kappa shape index (κ3) is 3.00. The molecule has 6 heteroatoms. The molecular formula is C15H13N3O2S. The Bertz CT molecular complexity index is 733. The molecule has 1 aromatic carbocycles. The number of hydrogen-bond donors (Lipinski definition) is 1. The van der Waals surface area contributed by atoms with Gasteiger partial charge in [0, 0.05) is 0 Å². The summed E-state index contributed by atoms with van der Waals surface area (Å²) in [5.74, 6) is 0.444. The van der Waals surface area contributed by atoms with Crippen molar-refractivity contribution in [3.63, 3.8) is 0 Å². The summed E-state index contributed by atoms with van der Waals surface area (Å²) in [4.78, 5) is 13.0. The van der Waals surface area contributed by atoms with E-state index in [2.05, 4.69) is 14.9 Å². The van der Waals surface area contributed by atoms with Gasteiger partial charge in [-0.15, -0.1) is 5.10 Å². The van der Waals surface area contributed by atoms with Crippen LogP contribution in [0.25, 0.3) is 10.4 Å². The lowest BCUT2D eigenvalue weighted by molar-refractivity contribution is 0.0943. The molecule has 2 heterocycles. The van der Waals surface area contributed by atoms with Gasteiger partial charge in [0.1, 0.15) is 5.76 Å². The van der Waals surface area contributed by atoms with E-state index in [9.17, 15) is 4.79 Å². The van der Waals surface area contributed by atoms with Crippen molar-refractivity contribution in [1.29, 1.82) is 0 Å². The maximum atomic E-state index is 12.2. The smallest absolute Gasteiger partial charge is 0.273 e. The average Bonchev–Trinajstić information content (AvgIpc) is 3.17. The van der Waals surface area contributed by atoms with Crippen LogP contribution in [-0.2, 0) is 6.54 Å². The van der Waals surface area contributed by atoms with Crippen molar-refractivity contribution in [2.45, 2.75) is 13.5 Å². The second kappa shape index (κ2) is 5.88. The average molecular weight is 299 g/mol. The van der Waals surface area contributed by atoms with Crippen molar-refractivity contribution in [2.24, 2.45) is 0 Å². The van der Waals surface area contributed by atoms with Crippen LogP contribution in [0.3, 0.4) is 0 Å². The summed E-state index contributed by atoms with van der Waals surface area (Å²) < 4.78 is 9.08. The number of hydrogen-bond acceptors (Lipinski definition) is 5. The van der Waals surface area contributed by atoms with Crippen molar-refractivity contribution in [2.75, 3.05) is 0 Å². The minimum absolute atomic E-state index is 0.254. The van der Waals surface area contributed by atoms with Gasteiger partial charge in [0.05, 0.1) is 17.7 Å². The number of benzene rings is 1. The van der Waals surface area contributed by atoms with Crippen LogP contribution in [0, 0.1) is 6.92 Å². The number of rotatable bonds is 4. The lowest BCUT2D eigenvalue weighted by Gasteiger charge is -2.03. The van der Waals surface area contributed by atoms with Crippen molar-refractivity contribution in [3.05, 3.63) is 59.7 Å². The second-order valence-corrected chi connectivity index (χ2v) is 5.33. The second-order valence-electron chi connectivity index (χ2n) is 4.58. The van der Waals surface area contributed by atoms with E-state index in [0.29, 0.717) is 18.0 Å². The molecule has 0 aliphatic rings. The predicted molar refractivity (Wildman–Crippen MR) is 80.0 cm³/mol. The molecule has 0 aliphatic carbocycles. The Hall–Kier alpha value is -2.47. The number of nitrogens with one attached hydrogen (secondary N) is 1. The Morgan fingerprint density at radius 1 is 1.29 bits per heavy atom. The number of furan rings is 1. The van der Waals surface area contributed by atoms with Gasteiger partial charge in [-0.1, -0.05) is 34.3 Å². The first-order chi connectivity index (χ1) is 10.2. The van der Waals surface area contributed by atoms with Crippen LogP contribution in [-0.4, -0.2) is 15.5 Å². The Balaban J connectivity index is 1.78. The first-order valence-corrected chi connectivity index (χ1v) is 7.21. The molecule has 1 amide bonds. The van der Waals surface area contributed by atoms with Gasteiger partial charge in [0.2, 0.25) is 0 Å². The molecule has 0 saturated carbocycles. The highest BCUT2D eigenvalue weighted by Gasteiger charge is 2.17. The summed E-state index contributed by atoms with van der Waals surface area (Å²) in [5, 5.41) is 6.72. The first-order valence-electron chi connectivity index (χ1n) is 6.44. The molecular weight excluding hydrogens is 286 g/mol. The van der Waals surface area contributed by atoms with Crippen molar-refractivity contribution >= 4 is 17.4 Å². The number of aromatic nitrogens is 2. The molecule has 2 aromatic heterocycles. The Labute approximate surface area is 125 Å². The standard InChI is InChI=1S/C15H13N3O2S/c1-10-4-6-11(7-5-10)14-13(17-18-21-14)15(19)16-9-12-3-2-8-20-12/h2-8H,9H2,1H3,(H,16,19). The highest BCUT2D eigenvalue weighted by molar-refractivity contribution is 7.09. The summed E-state index contributed by atoms with van der Waals surface area (Å²) in [6.07, 6.45) is 1.57. The molecule has 3 rings (SSSR count). The highest BCUT2D eigenvalue weighted by Crippen LogP contribution is 2.26. The summed E-state index contributed by atoms with van der Waals surface area (Å²) >= 11 is 1.21. The minimum Gasteiger partial charge on any atom is -0.467 e. The SMILES string of the molecule is Cc1ccc(-c2snnc2C(=O)NCc2ccco2)cc1. The fraction of sp³-hybridized carbons (Fsp3) is 0.133. The quantitative estimate of drug-likeness (QED) is 0.804. The fourth-order valence-electron chi connectivity index (χ4n) is 1.90. The van der Waals surface area contributed by atoms with E-state index in [4.69, 9.17) is 4.42 Å². The first kappa shape index (κ1) is 13.5. The lowest BCUT2D eigenvalue weighted by atomic mass is 10.1. The van der Waals surface area contributed by atoms with E-state index in [1.54, 1.807) is 18.4 Å². The molecule has 0 fully saturated rings. The third-order valence-corrected chi connectivity index (χ3v) is 3.80. The highest BCUT2D eigenvalue weighted by atomic mass is 32.1. The Kier molecular flexibility index (Phi) is 3.79. The fourth-order valence-corrected chi connectivity index (χ4v) is 2.56. The van der Waals surface area contributed by atoms with Crippen molar-refractivity contribution in [1.82, 2.24) is 14.9 Å². The van der Waals surface area contributed by atoms with E-state index in [1.165, 1.54) is 17.1 Å². The van der Waals surface area contributed by atoms with Gasteiger partial charge in [0.15, 0.2) is 5.69 Å². The van der Waals surface area contributed by atoms with Crippen LogP contribution in [0.15, 0.2) is 47.1 Å². The number of carbonyl (C=O) groups excluding carboxylic acids is 1. The van der Waals surface area contributed by atoms with Gasteiger partial charge in [0.25, 0.3) is 5.91 Å².